The molecule has 1 aromatic heterocycles. The lowest BCUT2D eigenvalue weighted by atomic mass is 10.1. The fourth-order valence-corrected chi connectivity index (χ4v) is 2.49. The maximum absolute atomic E-state index is 5.91. The molecule has 1 aliphatic heterocycles. The molecule has 0 aromatic carbocycles. The molecule has 2 rings (SSSR count). The van der Waals surface area contributed by atoms with E-state index in [4.69, 9.17) is 5.73 Å². The predicted molar refractivity (Wildman–Crippen MR) is 112 cm³/mol. The molecular weight excluding hydrogens is 415 g/mol. The lowest BCUT2D eigenvalue weighted by Gasteiger charge is -2.33. The fraction of sp³-hybridized carbons (Fsp3) is 0.647. The summed E-state index contributed by atoms with van der Waals surface area (Å²) < 4.78 is 0. The summed E-state index contributed by atoms with van der Waals surface area (Å²) in [5, 5.41) is 3.16. The molecule has 1 saturated heterocycles. The normalized spacial score (nSPS) is 16.2. The molecule has 0 aliphatic carbocycles. The van der Waals surface area contributed by atoms with Crippen LogP contribution in [0.15, 0.2) is 23.3 Å². The number of anilines is 1. The fourth-order valence-electron chi connectivity index (χ4n) is 2.49. The van der Waals surface area contributed by atoms with Gasteiger partial charge in [0.15, 0.2) is 5.96 Å². The van der Waals surface area contributed by atoms with Gasteiger partial charge in [-0.2, -0.15) is 0 Å². The SMILES string of the molecule is CC(C)CCNC(N)=NCc1ccnc(N2CCN(C)CC2)c1.I. The molecule has 0 spiro atoms. The zero-order valence-electron chi connectivity index (χ0n) is 15.0. The number of halogens is 1. The molecule has 0 unspecified atom stereocenters. The second-order valence-corrected chi connectivity index (χ2v) is 6.62. The summed E-state index contributed by atoms with van der Waals surface area (Å²) in [7, 11) is 2.16. The van der Waals surface area contributed by atoms with E-state index in [0.29, 0.717) is 18.4 Å². The van der Waals surface area contributed by atoms with Crippen LogP contribution in [0.5, 0.6) is 0 Å². The van der Waals surface area contributed by atoms with Gasteiger partial charge in [0.2, 0.25) is 0 Å². The van der Waals surface area contributed by atoms with Crippen molar-refractivity contribution in [1.82, 2.24) is 15.2 Å². The summed E-state index contributed by atoms with van der Waals surface area (Å²) in [6, 6.07) is 4.13. The van der Waals surface area contributed by atoms with E-state index in [0.717, 1.165) is 50.5 Å². The number of likely N-dealkylation sites (N-methyl/N-ethyl adjacent to an activating group) is 1. The van der Waals surface area contributed by atoms with Crippen molar-refractivity contribution in [2.45, 2.75) is 26.8 Å². The van der Waals surface area contributed by atoms with Gasteiger partial charge in [0.05, 0.1) is 6.54 Å². The number of nitrogens with zero attached hydrogens (tertiary/aromatic N) is 4. The number of guanidine groups is 1. The van der Waals surface area contributed by atoms with Crippen molar-refractivity contribution in [3.05, 3.63) is 23.9 Å². The Kier molecular flexibility index (Phi) is 9.35. The first kappa shape index (κ1) is 21.0. The van der Waals surface area contributed by atoms with Crippen molar-refractivity contribution in [3.63, 3.8) is 0 Å². The Bertz CT molecular complexity index is 512. The van der Waals surface area contributed by atoms with Gasteiger partial charge in [-0.1, -0.05) is 13.8 Å². The summed E-state index contributed by atoms with van der Waals surface area (Å²) in [4.78, 5) is 13.6. The van der Waals surface area contributed by atoms with Crippen LogP contribution >= 0.6 is 24.0 Å². The zero-order valence-corrected chi connectivity index (χ0v) is 17.4. The summed E-state index contributed by atoms with van der Waals surface area (Å²) in [5.74, 6) is 2.22. The van der Waals surface area contributed by atoms with Crippen LogP contribution in [0, 0.1) is 5.92 Å². The third-order valence-electron chi connectivity index (χ3n) is 4.10. The minimum atomic E-state index is 0. The first-order chi connectivity index (χ1) is 11.0. The van der Waals surface area contributed by atoms with Crippen molar-refractivity contribution in [1.29, 1.82) is 0 Å². The molecule has 136 valence electrons. The number of nitrogens with two attached hydrogens (primary N) is 1. The topological polar surface area (TPSA) is 69.8 Å². The number of hydrogen-bond donors (Lipinski definition) is 2. The average Bonchev–Trinajstić information content (AvgIpc) is 2.53. The van der Waals surface area contributed by atoms with Crippen LogP contribution in [0.25, 0.3) is 0 Å². The summed E-state index contributed by atoms with van der Waals surface area (Å²) in [6.07, 6.45) is 2.96. The van der Waals surface area contributed by atoms with E-state index in [9.17, 15) is 0 Å². The quantitative estimate of drug-likeness (QED) is 0.397. The van der Waals surface area contributed by atoms with Crippen molar-refractivity contribution < 1.29 is 0 Å². The van der Waals surface area contributed by atoms with E-state index < -0.39 is 0 Å². The third-order valence-corrected chi connectivity index (χ3v) is 4.10. The number of aliphatic imine (C=N–C) groups is 1. The van der Waals surface area contributed by atoms with Crippen molar-refractivity contribution >= 4 is 35.8 Å². The van der Waals surface area contributed by atoms with Crippen LogP contribution in [-0.4, -0.2) is 55.6 Å². The smallest absolute Gasteiger partial charge is 0.188 e. The molecule has 6 nitrogen and oxygen atoms in total. The highest BCUT2D eigenvalue weighted by molar-refractivity contribution is 14.0. The van der Waals surface area contributed by atoms with E-state index in [1.54, 1.807) is 0 Å². The minimum Gasteiger partial charge on any atom is -0.370 e. The number of pyridine rings is 1. The first-order valence-corrected chi connectivity index (χ1v) is 8.47. The standard InChI is InChI=1S/C17H30N6.HI/c1-14(2)4-6-20-17(18)21-13-15-5-7-19-16(12-15)23-10-8-22(3)9-11-23;/h5,7,12,14H,4,6,8-11,13H2,1-3H3,(H3,18,20,21);1H. The molecule has 3 N–H and O–H groups in total. The van der Waals surface area contributed by atoms with Crippen LogP contribution in [0.1, 0.15) is 25.8 Å². The number of hydrogen-bond acceptors (Lipinski definition) is 4. The van der Waals surface area contributed by atoms with Gasteiger partial charge in [0.25, 0.3) is 0 Å². The van der Waals surface area contributed by atoms with Crippen LogP contribution < -0.4 is 16.0 Å². The number of piperazine rings is 1. The lowest BCUT2D eigenvalue weighted by Crippen LogP contribution is -2.44. The molecule has 24 heavy (non-hydrogen) atoms. The number of aromatic nitrogens is 1. The van der Waals surface area contributed by atoms with Crippen LogP contribution in [0.3, 0.4) is 0 Å². The third kappa shape index (κ3) is 7.21. The van der Waals surface area contributed by atoms with Gasteiger partial charge in [-0.15, -0.1) is 24.0 Å². The molecule has 1 aliphatic rings. The second kappa shape index (κ2) is 10.7. The molecule has 0 amide bonds. The highest BCUT2D eigenvalue weighted by Crippen LogP contribution is 2.15. The average molecular weight is 446 g/mol. The van der Waals surface area contributed by atoms with Crippen LogP contribution in [0.4, 0.5) is 5.82 Å². The highest BCUT2D eigenvalue weighted by Gasteiger charge is 2.15. The van der Waals surface area contributed by atoms with Crippen molar-refractivity contribution in [3.8, 4) is 0 Å². The van der Waals surface area contributed by atoms with E-state index in [-0.39, 0.29) is 24.0 Å². The van der Waals surface area contributed by atoms with Gasteiger partial charge in [-0.05, 0) is 37.1 Å². The second-order valence-electron chi connectivity index (χ2n) is 6.62. The number of rotatable bonds is 6. The lowest BCUT2D eigenvalue weighted by molar-refractivity contribution is 0.312. The minimum absolute atomic E-state index is 0. The Labute approximate surface area is 162 Å². The molecule has 7 heteroatoms. The molecule has 0 radical (unpaired) electrons. The summed E-state index contributed by atoms with van der Waals surface area (Å²) >= 11 is 0. The zero-order chi connectivity index (χ0) is 16.7. The molecule has 0 bridgehead atoms. The van der Waals surface area contributed by atoms with Gasteiger partial charge in [-0.3, -0.25) is 0 Å². The predicted octanol–water partition coefficient (Wildman–Crippen LogP) is 1.90. The van der Waals surface area contributed by atoms with Crippen LogP contribution in [0.2, 0.25) is 0 Å². The molecule has 1 aromatic rings. The van der Waals surface area contributed by atoms with Crippen molar-refractivity contribution in [2.24, 2.45) is 16.6 Å². The van der Waals surface area contributed by atoms with Gasteiger partial charge in [0, 0.05) is 38.9 Å². The van der Waals surface area contributed by atoms with E-state index in [1.807, 2.05) is 12.3 Å². The van der Waals surface area contributed by atoms with Crippen molar-refractivity contribution in [2.75, 3.05) is 44.7 Å². The van der Waals surface area contributed by atoms with E-state index in [1.165, 1.54) is 0 Å². The Morgan fingerprint density at radius 3 is 2.71 bits per heavy atom. The Morgan fingerprint density at radius 1 is 1.33 bits per heavy atom. The molecule has 2 heterocycles. The maximum Gasteiger partial charge on any atom is 0.188 e. The largest absolute Gasteiger partial charge is 0.370 e. The van der Waals surface area contributed by atoms with Crippen LogP contribution in [-0.2, 0) is 6.54 Å². The number of nitrogens with one attached hydrogen (secondary N) is 1. The highest BCUT2D eigenvalue weighted by atomic mass is 127. The van der Waals surface area contributed by atoms with Gasteiger partial charge >= 0.3 is 0 Å². The van der Waals surface area contributed by atoms with Gasteiger partial charge in [0.1, 0.15) is 5.82 Å². The Balaban J connectivity index is 0.00000288. The maximum atomic E-state index is 5.91. The molecular formula is C17H31IN6. The Morgan fingerprint density at radius 2 is 2.04 bits per heavy atom. The summed E-state index contributed by atoms with van der Waals surface area (Å²) in [5.41, 5.74) is 7.05. The first-order valence-electron chi connectivity index (χ1n) is 8.47. The van der Waals surface area contributed by atoms with Gasteiger partial charge < -0.3 is 20.9 Å². The molecule has 0 atom stereocenters. The molecule has 0 saturated carbocycles. The molecule has 1 fully saturated rings. The summed E-state index contributed by atoms with van der Waals surface area (Å²) in [6.45, 7) is 10.1. The Hall–Kier alpha value is -1.09. The van der Waals surface area contributed by atoms with Gasteiger partial charge in [-0.25, -0.2) is 9.98 Å². The monoisotopic (exact) mass is 446 g/mol. The van der Waals surface area contributed by atoms with E-state index >= 15 is 0 Å². The van der Waals surface area contributed by atoms with E-state index in [2.05, 4.69) is 52.1 Å².